The van der Waals surface area contributed by atoms with E-state index in [1.807, 2.05) is 6.92 Å². The Morgan fingerprint density at radius 1 is 1.64 bits per heavy atom. The number of carbonyl (C=O) groups is 1. The highest BCUT2D eigenvalue weighted by Gasteiger charge is 2.50. The first kappa shape index (κ1) is 6.89. The molecule has 2 rings (SSSR count). The molecule has 1 fully saturated rings. The zero-order chi connectivity index (χ0) is 8.06. The first-order chi connectivity index (χ1) is 5.13. The maximum absolute atomic E-state index is 10.9. The summed E-state index contributed by atoms with van der Waals surface area (Å²) >= 11 is 0. The van der Waals surface area contributed by atoms with Crippen LogP contribution < -0.4 is 0 Å². The van der Waals surface area contributed by atoms with Gasteiger partial charge in [-0.15, -0.1) is 0 Å². The van der Waals surface area contributed by atoms with Crippen molar-refractivity contribution in [1.29, 1.82) is 0 Å². The molecule has 11 heavy (non-hydrogen) atoms. The van der Waals surface area contributed by atoms with E-state index in [2.05, 4.69) is 12.2 Å². The molecule has 2 nitrogen and oxygen atoms in total. The van der Waals surface area contributed by atoms with Crippen LogP contribution in [0.4, 0.5) is 0 Å². The SMILES string of the molecule is C[C@]1(C(=O)O)C[C@@H]2C=C[C@H]1C2. The van der Waals surface area contributed by atoms with Crippen LogP contribution in [0.15, 0.2) is 12.2 Å². The van der Waals surface area contributed by atoms with Crippen LogP contribution in [0.2, 0.25) is 0 Å². The molecular formula is C9H12O2. The molecule has 1 N–H and O–H groups in total. The average molecular weight is 152 g/mol. The van der Waals surface area contributed by atoms with Crippen molar-refractivity contribution in [1.82, 2.24) is 0 Å². The van der Waals surface area contributed by atoms with Crippen molar-refractivity contribution >= 4 is 5.97 Å². The number of hydrogen-bond donors (Lipinski definition) is 1. The number of carboxylic acid groups (broad SMARTS) is 1. The van der Waals surface area contributed by atoms with Crippen LogP contribution >= 0.6 is 0 Å². The molecule has 2 aliphatic rings. The predicted molar refractivity (Wildman–Crippen MR) is 41.1 cm³/mol. The van der Waals surface area contributed by atoms with Crippen molar-refractivity contribution < 1.29 is 9.90 Å². The van der Waals surface area contributed by atoms with Gasteiger partial charge in [0.1, 0.15) is 0 Å². The molecule has 0 aromatic carbocycles. The second-order valence-corrected chi connectivity index (χ2v) is 3.91. The summed E-state index contributed by atoms with van der Waals surface area (Å²) in [5, 5.41) is 8.96. The maximum atomic E-state index is 10.9. The van der Waals surface area contributed by atoms with Gasteiger partial charge < -0.3 is 5.11 Å². The van der Waals surface area contributed by atoms with E-state index in [1.165, 1.54) is 0 Å². The van der Waals surface area contributed by atoms with Gasteiger partial charge in [0, 0.05) is 0 Å². The molecule has 2 bridgehead atoms. The molecule has 0 amide bonds. The Hall–Kier alpha value is -0.790. The standard InChI is InChI=1S/C9H12O2/c1-9(8(10)11)5-6-2-3-7(9)4-6/h2-3,6-7H,4-5H2,1H3,(H,10,11)/t6-,7+,9+/m1/s1. The first-order valence-electron chi connectivity index (χ1n) is 4.04. The predicted octanol–water partition coefficient (Wildman–Crippen LogP) is 1.67. The summed E-state index contributed by atoms with van der Waals surface area (Å²) in [5.41, 5.74) is -0.459. The van der Waals surface area contributed by atoms with E-state index < -0.39 is 11.4 Å². The smallest absolute Gasteiger partial charge is 0.309 e. The van der Waals surface area contributed by atoms with Gasteiger partial charge in [-0.2, -0.15) is 0 Å². The van der Waals surface area contributed by atoms with Crippen LogP contribution in [0.3, 0.4) is 0 Å². The van der Waals surface area contributed by atoms with Crippen molar-refractivity contribution in [2.45, 2.75) is 19.8 Å². The van der Waals surface area contributed by atoms with Crippen molar-refractivity contribution in [3.8, 4) is 0 Å². The zero-order valence-electron chi connectivity index (χ0n) is 6.58. The van der Waals surface area contributed by atoms with Gasteiger partial charge in [-0.3, -0.25) is 4.79 Å². The molecule has 0 aliphatic heterocycles. The molecule has 0 aromatic heterocycles. The molecule has 60 valence electrons. The van der Waals surface area contributed by atoms with E-state index in [1.54, 1.807) is 0 Å². The van der Waals surface area contributed by atoms with E-state index in [0.29, 0.717) is 11.8 Å². The van der Waals surface area contributed by atoms with E-state index in [9.17, 15) is 4.79 Å². The average Bonchev–Trinajstić information content (AvgIpc) is 2.45. The molecule has 3 atom stereocenters. The van der Waals surface area contributed by atoms with Crippen LogP contribution in [-0.2, 0) is 4.79 Å². The van der Waals surface area contributed by atoms with Crippen molar-refractivity contribution in [3.63, 3.8) is 0 Å². The number of hydrogen-bond acceptors (Lipinski definition) is 1. The summed E-state index contributed by atoms with van der Waals surface area (Å²) in [5.74, 6) is 0.209. The van der Waals surface area contributed by atoms with Crippen LogP contribution in [-0.4, -0.2) is 11.1 Å². The van der Waals surface area contributed by atoms with Gasteiger partial charge in [0.2, 0.25) is 0 Å². The summed E-state index contributed by atoms with van der Waals surface area (Å²) < 4.78 is 0. The third kappa shape index (κ3) is 0.753. The van der Waals surface area contributed by atoms with Gasteiger partial charge in [-0.05, 0) is 31.6 Å². The molecule has 0 saturated heterocycles. The van der Waals surface area contributed by atoms with Crippen molar-refractivity contribution in [2.75, 3.05) is 0 Å². The molecular weight excluding hydrogens is 140 g/mol. The largest absolute Gasteiger partial charge is 0.481 e. The number of carboxylic acids is 1. The van der Waals surface area contributed by atoms with Crippen LogP contribution in [0.1, 0.15) is 19.8 Å². The third-order valence-electron chi connectivity index (χ3n) is 3.17. The van der Waals surface area contributed by atoms with Crippen molar-refractivity contribution in [2.24, 2.45) is 17.3 Å². The minimum atomic E-state index is -0.630. The molecule has 0 aromatic rings. The highest BCUT2D eigenvalue weighted by atomic mass is 16.4. The normalized spacial score (nSPS) is 46.6. The fourth-order valence-corrected chi connectivity index (χ4v) is 2.34. The van der Waals surface area contributed by atoms with E-state index >= 15 is 0 Å². The maximum Gasteiger partial charge on any atom is 0.309 e. The van der Waals surface area contributed by atoms with E-state index in [0.717, 1.165) is 12.8 Å². The van der Waals surface area contributed by atoms with Gasteiger partial charge in [0.25, 0.3) is 0 Å². The Balaban J connectivity index is 2.30. The molecule has 0 unspecified atom stereocenters. The Morgan fingerprint density at radius 2 is 2.36 bits per heavy atom. The van der Waals surface area contributed by atoms with Crippen LogP contribution in [0, 0.1) is 17.3 Å². The first-order valence-corrected chi connectivity index (χ1v) is 4.04. The zero-order valence-corrected chi connectivity index (χ0v) is 6.58. The minimum Gasteiger partial charge on any atom is -0.481 e. The third-order valence-corrected chi connectivity index (χ3v) is 3.17. The lowest BCUT2D eigenvalue weighted by Crippen LogP contribution is -2.31. The quantitative estimate of drug-likeness (QED) is 0.580. The second kappa shape index (κ2) is 1.87. The molecule has 1 saturated carbocycles. The number of aliphatic carboxylic acids is 1. The topological polar surface area (TPSA) is 37.3 Å². The summed E-state index contributed by atoms with van der Waals surface area (Å²) in [6, 6.07) is 0. The Bertz CT molecular complexity index is 232. The highest BCUT2D eigenvalue weighted by Crippen LogP contribution is 2.51. The van der Waals surface area contributed by atoms with Gasteiger partial charge in [-0.1, -0.05) is 12.2 Å². The lowest BCUT2D eigenvalue weighted by atomic mass is 9.78. The number of rotatable bonds is 1. The van der Waals surface area contributed by atoms with Crippen LogP contribution in [0.25, 0.3) is 0 Å². The Morgan fingerprint density at radius 3 is 2.64 bits per heavy atom. The number of fused-ring (bicyclic) bond motifs is 2. The Labute approximate surface area is 65.9 Å². The molecule has 0 spiro atoms. The van der Waals surface area contributed by atoms with Gasteiger partial charge in [0.15, 0.2) is 0 Å². The van der Waals surface area contributed by atoms with Crippen LogP contribution in [0.5, 0.6) is 0 Å². The minimum absolute atomic E-state index is 0.296. The van der Waals surface area contributed by atoms with E-state index in [-0.39, 0.29) is 0 Å². The lowest BCUT2D eigenvalue weighted by Gasteiger charge is -2.25. The summed E-state index contributed by atoms with van der Waals surface area (Å²) in [6.07, 6.45) is 6.13. The molecule has 2 aliphatic carbocycles. The lowest BCUT2D eigenvalue weighted by molar-refractivity contribution is -0.149. The molecule has 0 heterocycles. The van der Waals surface area contributed by atoms with Gasteiger partial charge in [0.05, 0.1) is 5.41 Å². The molecule has 2 heteroatoms. The monoisotopic (exact) mass is 152 g/mol. The summed E-state index contributed by atoms with van der Waals surface area (Å²) in [7, 11) is 0. The summed E-state index contributed by atoms with van der Waals surface area (Å²) in [6.45, 7) is 1.86. The van der Waals surface area contributed by atoms with Gasteiger partial charge >= 0.3 is 5.97 Å². The Kier molecular flexibility index (Phi) is 1.17. The highest BCUT2D eigenvalue weighted by molar-refractivity contribution is 5.76. The van der Waals surface area contributed by atoms with E-state index in [4.69, 9.17) is 5.11 Å². The summed E-state index contributed by atoms with van der Waals surface area (Å²) in [4.78, 5) is 10.9. The fourth-order valence-electron chi connectivity index (χ4n) is 2.34. The van der Waals surface area contributed by atoms with Gasteiger partial charge in [-0.25, -0.2) is 0 Å². The second-order valence-electron chi connectivity index (χ2n) is 3.91. The molecule has 0 radical (unpaired) electrons. The van der Waals surface area contributed by atoms with Crippen molar-refractivity contribution in [3.05, 3.63) is 12.2 Å². The fraction of sp³-hybridized carbons (Fsp3) is 0.667. The number of allylic oxidation sites excluding steroid dienone is 2.